The van der Waals surface area contributed by atoms with Crippen molar-refractivity contribution in [3.63, 3.8) is 0 Å². The average Bonchev–Trinajstić information content (AvgIpc) is 2.37. The van der Waals surface area contributed by atoms with Crippen molar-refractivity contribution in [2.24, 2.45) is 0 Å². The molecule has 0 amide bonds. The number of nitrogens with zero attached hydrogens (tertiary/aromatic N) is 1. The van der Waals surface area contributed by atoms with Crippen molar-refractivity contribution in [3.05, 3.63) is 52.8 Å². The molecule has 2 rings (SSSR count). The van der Waals surface area contributed by atoms with Gasteiger partial charge in [0.15, 0.2) is 0 Å². The molecule has 0 saturated carbocycles. The zero-order valence-corrected chi connectivity index (χ0v) is 11.0. The molecule has 2 N–H and O–H groups in total. The molecule has 0 saturated heterocycles. The molecule has 94 valence electrons. The van der Waals surface area contributed by atoms with Gasteiger partial charge in [-0.2, -0.15) is 0 Å². The van der Waals surface area contributed by atoms with Gasteiger partial charge in [0.25, 0.3) is 0 Å². The molecule has 0 fully saturated rings. The van der Waals surface area contributed by atoms with Crippen molar-refractivity contribution < 1.29 is 5.11 Å². The molecule has 0 aliphatic carbocycles. The minimum Gasteiger partial charge on any atom is -0.507 e. The highest BCUT2D eigenvalue weighted by Gasteiger charge is 2.06. The van der Waals surface area contributed by atoms with Crippen LogP contribution in [-0.4, -0.2) is 10.1 Å². The van der Waals surface area contributed by atoms with E-state index in [1.807, 2.05) is 38.2 Å². The van der Waals surface area contributed by atoms with Gasteiger partial charge in [0.05, 0.1) is 0 Å². The molecule has 0 radical (unpaired) electrons. The largest absolute Gasteiger partial charge is 0.507 e. The number of pyridine rings is 1. The molecule has 0 unspecified atom stereocenters. The molecule has 3 heteroatoms. The van der Waals surface area contributed by atoms with E-state index in [9.17, 15) is 5.11 Å². The summed E-state index contributed by atoms with van der Waals surface area (Å²) in [7, 11) is 0. The Bertz CT molecular complexity index is 564. The summed E-state index contributed by atoms with van der Waals surface area (Å²) in [6.45, 7) is 6.60. The first-order valence-electron chi connectivity index (χ1n) is 6.02. The molecular weight excluding hydrogens is 224 g/mol. The first kappa shape index (κ1) is 12.4. The molecule has 2 aromatic rings. The quantitative estimate of drug-likeness (QED) is 0.867. The van der Waals surface area contributed by atoms with E-state index in [1.165, 1.54) is 5.56 Å². The third kappa shape index (κ3) is 2.45. The lowest BCUT2D eigenvalue weighted by Gasteiger charge is -2.13. The molecular formula is C15H18N2O. The molecule has 0 atom stereocenters. The van der Waals surface area contributed by atoms with Crippen molar-refractivity contribution in [2.45, 2.75) is 27.3 Å². The fourth-order valence-electron chi connectivity index (χ4n) is 1.90. The molecule has 0 spiro atoms. The summed E-state index contributed by atoms with van der Waals surface area (Å²) in [4.78, 5) is 4.12. The summed E-state index contributed by atoms with van der Waals surface area (Å²) >= 11 is 0. The van der Waals surface area contributed by atoms with Crippen molar-refractivity contribution >= 4 is 5.69 Å². The second kappa shape index (κ2) is 5.08. The van der Waals surface area contributed by atoms with E-state index in [-0.39, 0.29) is 0 Å². The second-order valence-electron chi connectivity index (χ2n) is 4.56. The Morgan fingerprint density at radius 1 is 1.11 bits per heavy atom. The van der Waals surface area contributed by atoms with Crippen LogP contribution in [0, 0.1) is 20.8 Å². The van der Waals surface area contributed by atoms with Crippen molar-refractivity contribution in [2.75, 3.05) is 5.32 Å². The van der Waals surface area contributed by atoms with Crippen molar-refractivity contribution in [3.8, 4) is 5.75 Å². The first-order chi connectivity index (χ1) is 8.59. The second-order valence-corrected chi connectivity index (χ2v) is 4.56. The van der Waals surface area contributed by atoms with Gasteiger partial charge in [-0.05, 0) is 49.6 Å². The van der Waals surface area contributed by atoms with Crippen LogP contribution in [0.25, 0.3) is 0 Å². The van der Waals surface area contributed by atoms with E-state index in [0.29, 0.717) is 12.3 Å². The van der Waals surface area contributed by atoms with Crippen LogP contribution in [0.1, 0.15) is 22.3 Å². The average molecular weight is 242 g/mol. The van der Waals surface area contributed by atoms with Crippen molar-refractivity contribution in [1.82, 2.24) is 4.98 Å². The van der Waals surface area contributed by atoms with E-state index in [0.717, 1.165) is 22.4 Å². The van der Waals surface area contributed by atoms with Crippen LogP contribution >= 0.6 is 0 Å². The van der Waals surface area contributed by atoms with Crippen LogP contribution in [-0.2, 0) is 6.54 Å². The van der Waals surface area contributed by atoms with Gasteiger partial charge in [0.2, 0.25) is 0 Å². The zero-order valence-electron chi connectivity index (χ0n) is 11.0. The van der Waals surface area contributed by atoms with Crippen LogP contribution in [0.5, 0.6) is 5.75 Å². The SMILES string of the molecule is Cc1ccncc1CNc1ccc(C)c(O)c1C. The highest BCUT2D eigenvalue weighted by atomic mass is 16.3. The van der Waals surface area contributed by atoms with E-state index in [1.54, 1.807) is 6.20 Å². The van der Waals surface area contributed by atoms with E-state index >= 15 is 0 Å². The van der Waals surface area contributed by atoms with Gasteiger partial charge >= 0.3 is 0 Å². The topological polar surface area (TPSA) is 45.2 Å². The van der Waals surface area contributed by atoms with Gasteiger partial charge in [-0.1, -0.05) is 6.07 Å². The number of anilines is 1. The summed E-state index contributed by atoms with van der Waals surface area (Å²) < 4.78 is 0. The Balaban J connectivity index is 2.17. The lowest BCUT2D eigenvalue weighted by molar-refractivity contribution is 0.467. The monoisotopic (exact) mass is 242 g/mol. The Kier molecular flexibility index (Phi) is 3.51. The number of phenols is 1. The lowest BCUT2D eigenvalue weighted by atomic mass is 10.1. The van der Waals surface area contributed by atoms with Crippen molar-refractivity contribution in [1.29, 1.82) is 0 Å². The molecule has 0 aliphatic heterocycles. The van der Waals surface area contributed by atoms with Gasteiger partial charge in [0.1, 0.15) is 5.75 Å². The van der Waals surface area contributed by atoms with Gasteiger partial charge in [0, 0.05) is 30.2 Å². The van der Waals surface area contributed by atoms with Crippen LogP contribution < -0.4 is 5.32 Å². The number of phenolic OH excluding ortho intramolecular Hbond substituents is 1. The van der Waals surface area contributed by atoms with Gasteiger partial charge < -0.3 is 10.4 Å². The molecule has 0 aliphatic rings. The molecule has 3 nitrogen and oxygen atoms in total. The van der Waals surface area contributed by atoms with Gasteiger partial charge in [-0.3, -0.25) is 4.98 Å². The summed E-state index contributed by atoms with van der Waals surface area (Å²) in [5.41, 5.74) is 5.12. The maximum Gasteiger partial charge on any atom is 0.123 e. The number of aryl methyl sites for hydroxylation is 2. The molecule has 0 bridgehead atoms. The third-order valence-corrected chi connectivity index (χ3v) is 3.25. The fourth-order valence-corrected chi connectivity index (χ4v) is 1.90. The van der Waals surface area contributed by atoms with E-state index in [4.69, 9.17) is 0 Å². The smallest absolute Gasteiger partial charge is 0.123 e. The van der Waals surface area contributed by atoms with Crippen LogP contribution in [0.15, 0.2) is 30.6 Å². The summed E-state index contributed by atoms with van der Waals surface area (Å²) in [5.74, 6) is 0.364. The predicted octanol–water partition coefficient (Wildman–Crippen LogP) is 3.32. The molecule has 1 heterocycles. The maximum absolute atomic E-state index is 9.89. The van der Waals surface area contributed by atoms with Gasteiger partial charge in [-0.15, -0.1) is 0 Å². The highest BCUT2D eigenvalue weighted by Crippen LogP contribution is 2.28. The lowest BCUT2D eigenvalue weighted by Crippen LogP contribution is -2.03. The molecule has 1 aromatic carbocycles. The molecule has 1 aromatic heterocycles. The summed E-state index contributed by atoms with van der Waals surface area (Å²) in [5, 5.41) is 13.2. The minimum atomic E-state index is 0.364. The van der Waals surface area contributed by atoms with E-state index in [2.05, 4.69) is 17.2 Å². The number of rotatable bonds is 3. The normalized spacial score (nSPS) is 10.4. The number of hydrogen-bond acceptors (Lipinski definition) is 3. The summed E-state index contributed by atoms with van der Waals surface area (Å²) in [6.07, 6.45) is 3.66. The number of benzene rings is 1. The first-order valence-corrected chi connectivity index (χ1v) is 6.02. The Morgan fingerprint density at radius 2 is 1.89 bits per heavy atom. The van der Waals surface area contributed by atoms with Crippen LogP contribution in [0.3, 0.4) is 0 Å². The van der Waals surface area contributed by atoms with E-state index < -0.39 is 0 Å². The molecule has 18 heavy (non-hydrogen) atoms. The minimum absolute atomic E-state index is 0.364. The Hall–Kier alpha value is -2.03. The van der Waals surface area contributed by atoms with Gasteiger partial charge in [-0.25, -0.2) is 0 Å². The number of nitrogens with one attached hydrogen (secondary N) is 1. The zero-order chi connectivity index (χ0) is 13.1. The Labute approximate surface area is 108 Å². The number of aromatic nitrogens is 1. The maximum atomic E-state index is 9.89. The summed E-state index contributed by atoms with van der Waals surface area (Å²) in [6, 6.07) is 5.91. The Morgan fingerprint density at radius 3 is 2.61 bits per heavy atom. The highest BCUT2D eigenvalue weighted by molar-refractivity contribution is 5.59. The number of hydrogen-bond donors (Lipinski definition) is 2. The predicted molar refractivity (Wildman–Crippen MR) is 73.9 cm³/mol. The standard InChI is InChI=1S/C15H18N2O/c1-10-6-7-16-8-13(10)9-17-14-5-4-11(2)15(18)12(14)3/h4-8,17-18H,9H2,1-3H3. The van der Waals surface area contributed by atoms with Crippen LogP contribution in [0.2, 0.25) is 0 Å². The van der Waals surface area contributed by atoms with Crippen LogP contribution in [0.4, 0.5) is 5.69 Å². The number of aromatic hydroxyl groups is 1. The fraction of sp³-hybridized carbons (Fsp3) is 0.267. The third-order valence-electron chi connectivity index (χ3n) is 3.25.